The first kappa shape index (κ1) is 15.3. The van der Waals surface area contributed by atoms with E-state index in [0.29, 0.717) is 17.1 Å². The zero-order valence-electron chi connectivity index (χ0n) is 11.9. The van der Waals surface area contributed by atoms with Gasteiger partial charge in [0, 0.05) is 4.88 Å². The maximum absolute atomic E-state index is 12.5. The highest BCUT2D eigenvalue weighted by Gasteiger charge is 2.25. The lowest BCUT2D eigenvalue weighted by Gasteiger charge is -2.21. The van der Waals surface area contributed by atoms with Crippen molar-refractivity contribution >= 4 is 42.1 Å². The number of rotatable bonds is 4. The normalized spacial score (nSPS) is 11.4. The van der Waals surface area contributed by atoms with Gasteiger partial charge < -0.3 is 5.32 Å². The lowest BCUT2D eigenvalue weighted by Crippen LogP contribution is -2.43. The fraction of sp³-hybridized carbons (Fsp3) is 0.267. The Kier molecular flexibility index (Phi) is 4.68. The van der Waals surface area contributed by atoms with Crippen LogP contribution in [0.15, 0.2) is 35.7 Å². The van der Waals surface area contributed by atoms with Crippen LogP contribution in [0.5, 0.6) is 0 Å². The standard InChI is InChI=1S/C15H18ClNOSSi/c1-20(2,3)13-8-4-7-12(16)14(13)15(18)17-10-11-6-5-9-19-11/h4-9H,10H2,1-3H3,(H,17,18). The summed E-state index contributed by atoms with van der Waals surface area (Å²) in [6, 6.07) is 9.72. The third-order valence-electron chi connectivity index (χ3n) is 3.05. The summed E-state index contributed by atoms with van der Waals surface area (Å²) in [4.78, 5) is 13.6. The van der Waals surface area contributed by atoms with Crippen LogP contribution >= 0.6 is 22.9 Å². The van der Waals surface area contributed by atoms with Crippen molar-refractivity contribution in [2.45, 2.75) is 26.2 Å². The highest BCUT2D eigenvalue weighted by molar-refractivity contribution is 7.09. The monoisotopic (exact) mass is 323 g/mol. The molecule has 0 spiro atoms. The predicted molar refractivity (Wildman–Crippen MR) is 89.9 cm³/mol. The Morgan fingerprint density at radius 2 is 2.00 bits per heavy atom. The molecule has 2 rings (SSSR count). The van der Waals surface area contributed by atoms with Crippen LogP contribution in [0.3, 0.4) is 0 Å². The van der Waals surface area contributed by atoms with Gasteiger partial charge in [-0.3, -0.25) is 4.79 Å². The highest BCUT2D eigenvalue weighted by Crippen LogP contribution is 2.18. The van der Waals surface area contributed by atoms with Crippen molar-refractivity contribution in [2.24, 2.45) is 0 Å². The zero-order valence-corrected chi connectivity index (χ0v) is 14.4. The summed E-state index contributed by atoms with van der Waals surface area (Å²) in [6.45, 7) is 7.20. The van der Waals surface area contributed by atoms with Crippen LogP contribution in [-0.4, -0.2) is 14.0 Å². The molecule has 1 amide bonds. The maximum Gasteiger partial charge on any atom is 0.252 e. The van der Waals surface area contributed by atoms with E-state index in [4.69, 9.17) is 11.6 Å². The molecule has 0 aliphatic heterocycles. The minimum atomic E-state index is -1.61. The molecular weight excluding hydrogens is 306 g/mol. The molecule has 1 aromatic carbocycles. The molecule has 0 fully saturated rings. The number of carbonyl (C=O) groups is 1. The smallest absolute Gasteiger partial charge is 0.252 e. The van der Waals surface area contributed by atoms with E-state index in [1.807, 2.05) is 29.6 Å². The van der Waals surface area contributed by atoms with Crippen LogP contribution in [0, 0.1) is 0 Å². The molecule has 5 heteroatoms. The second kappa shape index (κ2) is 6.12. The molecule has 1 heterocycles. The predicted octanol–water partition coefficient (Wildman–Crippen LogP) is 3.88. The Labute approximate surface area is 129 Å². The highest BCUT2D eigenvalue weighted by atomic mass is 35.5. The van der Waals surface area contributed by atoms with Gasteiger partial charge in [-0.25, -0.2) is 0 Å². The number of thiophene rings is 1. The van der Waals surface area contributed by atoms with Gasteiger partial charge in [-0.05, 0) is 22.7 Å². The molecule has 0 radical (unpaired) electrons. The topological polar surface area (TPSA) is 29.1 Å². The van der Waals surface area contributed by atoms with Crippen molar-refractivity contribution < 1.29 is 4.79 Å². The summed E-state index contributed by atoms with van der Waals surface area (Å²) >= 11 is 7.89. The molecule has 106 valence electrons. The molecule has 0 atom stereocenters. The van der Waals surface area contributed by atoms with Gasteiger partial charge in [0.25, 0.3) is 5.91 Å². The van der Waals surface area contributed by atoms with Crippen LogP contribution < -0.4 is 10.5 Å². The molecular formula is C15H18ClNOSSi. The molecule has 0 saturated heterocycles. The molecule has 20 heavy (non-hydrogen) atoms. The molecule has 0 aliphatic carbocycles. The van der Waals surface area contributed by atoms with Gasteiger partial charge in [-0.15, -0.1) is 11.3 Å². The van der Waals surface area contributed by atoms with Crippen LogP contribution in [0.4, 0.5) is 0 Å². The van der Waals surface area contributed by atoms with E-state index in [2.05, 4.69) is 25.0 Å². The number of amides is 1. The molecule has 2 aromatic rings. The molecule has 0 saturated carbocycles. The summed E-state index contributed by atoms with van der Waals surface area (Å²) in [7, 11) is -1.61. The van der Waals surface area contributed by atoms with E-state index >= 15 is 0 Å². The minimum absolute atomic E-state index is 0.0820. The number of carbonyl (C=O) groups excluding carboxylic acids is 1. The van der Waals surface area contributed by atoms with E-state index in [-0.39, 0.29) is 5.91 Å². The van der Waals surface area contributed by atoms with Crippen molar-refractivity contribution in [2.75, 3.05) is 0 Å². The van der Waals surface area contributed by atoms with Gasteiger partial charge in [0.2, 0.25) is 0 Å². The first-order chi connectivity index (χ1) is 9.39. The quantitative estimate of drug-likeness (QED) is 0.850. The van der Waals surface area contributed by atoms with Gasteiger partial charge in [0.05, 0.1) is 25.2 Å². The summed E-state index contributed by atoms with van der Waals surface area (Å²) in [6.07, 6.45) is 0. The summed E-state index contributed by atoms with van der Waals surface area (Å²) in [5.41, 5.74) is 0.643. The van der Waals surface area contributed by atoms with Gasteiger partial charge in [0.15, 0.2) is 0 Å². The number of hydrogen-bond donors (Lipinski definition) is 1. The van der Waals surface area contributed by atoms with Gasteiger partial charge in [-0.2, -0.15) is 0 Å². The molecule has 2 nitrogen and oxygen atoms in total. The van der Waals surface area contributed by atoms with Crippen LogP contribution in [0.25, 0.3) is 0 Å². The van der Waals surface area contributed by atoms with Gasteiger partial charge in [-0.1, -0.05) is 49.4 Å². The lowest BCUT2D eigenvalue weighted by molar-refractivity contribution is 0.0952. The van der Waals surface area contributed by atoms with Crippen molar-refractivity contribution in [3.8, 4) is 0 Å². The van der Waals surface area contributed by atoms with E-state index in [1.54, 1.807) is 17.4 Å². The van der Waals surface area contributed by atoms with E-state index < -0.39 is 8.07 Å². The van der Waals surface area contributed by atoms with Gasteiger partial charge >= 0.3 is 0 Å². The van der Waals surface area contributed by atoms with Crippen molar-refractivity contribution in [3.05, 3.63) is 51.2 Å². The second-order valence-electron chi connectivity index (χ2n) is 5.67. The minimum Gasteiger partial charge on any atom is -0.347 e. The van der Waals surface area contributed by atoms with E-state index in [0.717, 1.165) is 10.1 Å². The molecule has 1 N–H and O–H groups in total. The Bertz CT molecular complexity index is 605. The number of benzene rings is 1. The van der Waals surface area contributed by atoms with E-state index in [1.165, 1.54) is 0 Å². The number of halogens is 1. The van der Waals surface area contributed by atoms with Crippen molar-refractivity contribution in [1.82, 2.24) is 5.32 Å². The lowest BCUT2D eigenvalue weighted by atomic mass is 10.2. The average molecular weight is 324 g/mol. The third-order valence-corrected chi connectivity index (χ3v) is 6.28. The third kappa shape index (κ3) is 3.51. The largest absolute Gasteiger partial charge is 0.347 e. The molecule has 0 bridgehead atoms. The van der Waals surface area contributed by atoms with Gasteiger partial charge in [0.1, 0.15) is 0 Å². The second-order valence-corrected chi connectivity index (χ2v) is 12.2. The Morgan fingerprint density at radius 1 is 1.25 bits per heavy atom. The molecule has 0 unspecified atom stereocenters. The maximum atomic E-state index is 12.5. The molecule has 1 aromatic heterocycles. The van der Waals surface area contributed by atoms with Crippen LogP contribution in [0.1, 0.15) is 15.2 Å². The summed E-state index contributed by atoms with van der Waals surface area (Å²) in [5.74, 6) is -0.0820. The summed E-state index contributed by atoms with van der Waals surface area (Å²) in [5, 5.41) is 6.61. The number of nitrogens with one attached hydrogen (secondary N) is 1. The van der Waals surface area contributed by atoms with E-state index in [9.17, 15) is 4.79 Å². The molecule has 0 aliphatic rings. The first-order valence-corrected chi connectivity index (χ1v) is 11.2. The van der Waals surface area contributed by atoms with Crippen molar-refractivity contribution in [3.63, 3.8) is 0 Å². The number of hydrogen-bond acceptors (Lipinski definition) is 2. The Balaban J connectivity index is 2.25. The SMILES string of the molecule is C[Si](C)(C)c1cccc(Cl)c1C(=O)NCc1cccs1. The Hall–Kier alpha value is -1.10. The summed E-state index contributed by atoms with van der Waals surface area (Å²) < 4.78 is 0. The van der Waals surface area contributed by atoms with Crippen molar-refractivity contribution in [1.29, 1.82) is 0 Å². The fourth-order valence-electron chi connectivity index (χ4n) is 2.05. The first-order valence-electron chi connectivity index (χ1n) is 6.49. The Morgan fingerprint density at radius 3 is 2.60 bits per heavy atom. The van der Waals surface area contributed by atoms with Crippen LogP contribution in [0.2, 0.25) is 24.7 Å². The fourth-order valence-corrected chi connectivity index (χ4v) is 4.63. The average Bonchev–Trinajstić information content (AvgIpc) is 2.87. The zero-order chi connectivity index (χ0) is 14.8. The van der Waals surface area contributed by atoms with Crippen LogP contribution in [-0.2, 0) is 6.54 Å².